The predicted molar refractivity (Wildman–Crippen MR) is 88.9 cm³/mol. The number of hydrogen-bond acceptors (Lipinski definition) is 8. The highest BCUT2D eigenvalue weighted by Crippen LogP contribution is 2.28. The molecule has 0 aliphatic carbocycles. The fraction of sp³-hybridized carbons (Fsp3) is 0.111. The topological polar surface area (TPSA) is 140 Å². The Bertz CT molecular complexity index is 850. The van der Waals surface area contributed by atoms with Crippen molar-refractivity contribution in [2.75, 3.05) is 13.2 Å². The Balaban J connectivity index is 2.09. The van der Waals surface area contributed by atoms with Gasteiger partial charge >= 0.3 is 0 Å². The van der Waals surface area contributed by atoms with Gasteiger partial charge in [-0.1, -0.05) is 18.2 Å². The fourth-order valence-electron chi connectivity index (χ4n) is 1.93. The molecule has 0 radical (unpaired) electrons. The number of hydrazone groups is 1. The van der Waals surface area contributed by atoms with Crippen molar-refractivity contribution >= 4 is 24.1 Å². The van der Waals surface area contributed by atoms with Crippen LogP contribution in [0.1, 0.15) is 15.9 Å². The first-order valence-corrected chi connectivity index (χ1v) is 7.63. The van der Waals surface area contributed by atoms with Crippen LogP contribution in [0.25, 0.3) is 0 Å². The lowest BCUT2D eigenvalue weighted by molar-refractivity contribution is -0.309. The van der Waals surface area contributed by atoms with Crippen LogP contribution in [0.2, 0.25) is 0 Å². The van der Waals surface area contributed by atoms with Crippen LogP contribution in [0, 0.1) is 0 Å². The summed E-state index contributed by atoms with van der Waals surface area (Å²) in [6, 6.07) is 12.7. The third kappa shape index (κ3) is 6.50. The minimum atomic E-state index is -1.46. The van der Waals surface area contributed by atoms with Gasteiger partial charge in [-0.3, -0.25) is 4.79 Å². The molecule has 2 aromatic rings. The number of benzene rings is 2. The van der Waals surface area contributed by atoms with E-state index in [1.54, 1.807) is 30.3 Å². The van der Waals surface area contributed by atoms with E-state index in [-0.39, 0.29) is 11.5 Å². The summed E-state index contributed by atoms with van der Waals surface area (Å²) in [6.07, 6.45) is 1.30. The largest absolute Gasteiger partial charge is 0.546 e. The van der Waals surface area contributed by atoms with Gasteiger partial charge in [-0.15, -0.1) is 0 Å². The van der Waals surface area contributed by atoms with Gasteiger partial charge in [-0.25, -0.2) is 5.43 Å². The van der Waals surface area contributed by atoms with E-state index in [9.17, 15) is 24.6 Å². The number of amides is 1. The van der Waals surface area contributed by atoms with Gasteiger partial charge < -0.3 is 29.3 Å². The maximum absolute atomic E-state index is 11.9. The zero-order valence-electron chi connectivity index (χ0n) is 13.9. The maximum Gasteiger partial charge on any atom is 0.271 e. The molecular weight excluding hydrogens is 356 g/mol. The molecule has 0 aromatic heterocycles. The van der Waals surface area contributed by atoms with Crippen LogP contribution >= 0.6 is 0 Å². The highest BCUT2D eigenvalue weighted by Gasteiger charge is 2.07. The standard InChI is InChI=1S/C18H16N2O7/c21-16(22)10-26-14-7-6-12(8-15(14)27-11-17(23)24)9-19-20-18(25)13-4-2-1-3-5-13/h1-9H,10-11H2,(H,20,25)(H,21,22)(H,23,24)/p-2/b19-9-. The Morgan fingerprint density at radius 1 is 0.926 bits per heavy atom. The van der Waals surface area contributed by atoms with E-state index < -0.39 is 31.1 Å². The highest BCUT2D eigenvalue weighted by atomic mass is 16.5. The Hall–Kier alpha value is -3.88. The van der Waals surface area contributed by atoms with Gasteiger partial charge in [0.15, 0.2) is 11.5 Å². The van der Waals surface area contributed by atoms with E-state index in [2.05, 4.69) is 10.5 Å². The normalized spacial score (nSPS) is 10.4. The molecular formula is C18H14N2O7-2. The molecule has 0 saturated heterocycles. The first kappa shape index (κ1) is 19.4. The minimum absolute atomic E-state index is 0.00548. The molecule has 9 nitrogen and oxygen atoms in total. The Morgan fingerprint density at radius 3 is 2.19 bits per heavy atom. The molecule has 0 saturated carbocycles. The molecule has 0 aliphatic heterocycles. The van der Waals surface area contributed by atoms with E-state index in [0.717, 1.165) is 0 Å². The number of nitrogens with one attached hydrogen (secondary N) is 1. The molecule has 140 valence electrons. The van der Waals surface area contributed by atoms with Crippen LogP contribution in [0.15, 0.2) is 53.6 Å². The Morgan fingerprint density at radius 2 is 1.56 bits per heavy atom. The van der Waals surface area contributed by atoms with E-state index in [1.165, 1.54) is 24.4 Å². The molecule has 1 amide bonds. The molecule has 2 aromatic carbocycles. The smallest absolute Gasteiger partial charge is 0.271 e. The zero-order chi connectivity index (χ0) is 19.6. The lowest BCUT2D eigenvalue weighted by Crippen LogP contribution is -2.30. The van der Waals surface area contributed by atoms with Crippen molar-refractivity contribution in [1.29, 1.82) is 0 Å². The number of nitrogens with zero attached hydrogens (tertiary/aromatic N) is 1. The number of ether oxygens (including phenoxy) is 2. The number of carboxylic acids is 2. The number of hydrogen-bond donors (Lipinski definition) is 1. The average Bonchev–Trinajstić information content (AvgIpc) is 2.66. The lowest BCUT2D eigenvalue weighted by atomic mass is 10.2. The minimum Gasteiger partial charge on any atom is -0.546 e. The van der Waals surface area contributed by atoms with Gasteiger partial charge in [-0.05, 0) is 35.9 Å². The first-order chi connectivity index (χ1) is 13.0. The van der Waals surface area contributed by atoms with Crippen LogP contribution in [-0.4, -0.2) is 37.3 Å². The highest BCUT2D eigenvalue weighted by molar-refractivity contribution is 5.94. The van der Waals surface area contributed by atoms with Crippen molar-refractivity contribution in [1.82, 2.24) is 5.43 Å². The van der Waals surface area contributed by atoms with Gasteiger partial charge in [0.25, 0.3) is 5.91 Å². The summed E-state index contributed by atoms with van der Waals surface area (Å²) >= 11 is 0. The fourth-order valence-corrected chi connectivity index (χ4v) is 1.93. The molecule has 0 fully saturated rings. The van der Waals surface area contributed by atoms with Crippen LogP contribution in [-0.2, 0) is 9.59 Å². The third-order valence-corrected chi connectivity index (χ3v) is 3.07. The quantitative estimate of drug-likeness (QED) is 0.428. The van der Waals surface area contributed by atoms with Crippen molar-refractivity contribution in [3.63, 3.8) is 0 Å². The van der Waals surface area contributed by atoms with E-state index in [0.29, 0.717) is 11.1 Å². The monoisotopic (exact) mass is 370 g/mol. The molecule has 0 aliphatic rings. The number of carboxylic acid groups (broad SMARTS) is 2. The van der Waals surface area contributed by atoms with Crippen LogP contribution in [0.5, 0.6) is 11.5 Å². The third-order valence-electron chi connectivity index (χ3n) is 3.07. The van der Waals surface area contributed by atoms with E-state index in [4.69, 9.17) is 9.47 Å². The van der Waals surface area contributed by atoms with Crippen molar-refractivity contribution in [3.05, 3.63) is 59.7 Å². The summed E-state index contributed by atoms with van der Waals surface area (Å²) in [5.74, 6) is -3.34. The molecule has 0 unspecified atom stereocenters. The SMILES string of the molecule is O=C([O-])COc1ccc(/C=N\NC(=O)c2ccccc2)cc1OCC(=O)[O-]. The molecule has 2 rings (SSSR count). The van der Waals surface area contributed by atoms with Crippen molar-refractivity contribution in [2.24, 2.45) is 5.10 Å². The molecule has 0 atom stereocenters. The summed E-state index contributed by atoms with van der Waals surface area (Å²) in [4.78, 5) is 32.9. The van der Waals surface area contributed by atoms with Crippen molar-refractivity contribution in [2.45, 2.75) is 0 Å². The number of carbonyl (C=O) groups is 3. The second-order valence-corrected chi connectivity index (χ2v) is 5.09. The van der Waals surface area contributed by atoms with Crippen molar-refractivity contribution < 1.29 is 34.1 Å². The summed E-state index contributed by atoms with van der Waals surface area (Å²) in [5, 5.41) is 24.9. The second-order valence-electron chi connectivity index (χ2n) is 5.09. The van der Waals surface area contributed by atoms with Crippen LogP contribution in [0.4, 0.5) is 0 Å². The lowest BCUT2D eigenvalue weighted by Gasteiger charge is -2.14. The number of aliphatic carboxylic acids is 2. The Labute approximate surface area is 153 Å². The van der Waals surface area contributed by atoms with Crippen LogP contribution < -0.4 is 25.1 Å². The van der Waals surface area contributed by atoms with Crippen LogP contribution in [0.3, 0.4) is 0 Å². The Kier molecular flexibility index (Phi) is 6.89. The zero-order valence-corrected chi connectivity index (χ0v) is 13.9. The number of rotatable bonds is 9. The molecule has 0 spiro atoms. The van der Waals surface area contributed by atoms with Gasteiger partial charge in [0.1, 0.15) is 13.2 Å². The van der Waals surface area contributed by atoms with E-state index >= 15 is 0 Å². The molecule has 1 N–H and O–H groups in total. The van der Waals surface area contributed by atoms with Gasteiger partial charge in [0.2, 0.25) is 0 Å². The van der Waals surface area contributed by atoms with Gasteiger partial charge in [-0.2, -0.15) is 5.10 Å². The van der Waals surface area contributed by atoms with E-state index in [1.807, 2.05) is 0 Å². The first-order valence-electron chi connectivity index (χ1n) is 7.63. The van der Waals surface area contributed by atoms with Gasteiger partial charge in [0, 0.05) is 5.56 Å². The summed E-state index contributed by atoms with van der Waals surface area (Å²) in [6.45, 7) is -1.49. The molecule has 0 bridgehead atoms. The molecule has 9 heteroatoms. The second kappa shape index (κ2) is 9.56. The van der Waals surface area contributed by atoms with Gasteiger partial charge in [0.05, 0.1) is 18.2 Å². The predicted octanol–water partition coefficient (Wildman–Crippen LogP) is -1.29. The molecule has 27 heavy (non-hydrogen) atoms. The summed E-state index contributed by atoms with van der Waals surface area (Å²) in [5.41, 5.74) is 3.21. The number of carbonyl (C=O) groups excluding carboxylic acids is 3. The maximum atomic E-state index is 11.9. The summed E-state index contributed by atoms with van der Waals surface area (Å²) < 4.78 is 9.99. The molecule has 0 heterocycles. The average molecular weight is 370 g/mol. The van der Waals surface area contributed by atoms with Crippen molar-refractivity contribution in [3.8, 4) is 11.5 Å². The summed E-state index contributed by atoms with van der Waals surface area (Å²) in [7, 11) is 0.